The fourth-order valence-corrected chi connectivity index (χ4v) is 2.67. The first-order chi connectivity index (χ1) is 12.0. The Labute approximate surface area is 146 Å². The summed E-state index contributed by atoms with van der Waals surface area (Å²) in [5.74, 6) is 0.824. The summed E-state index contributed by atoms with van der Waals surface area (Å²) in [6.45, 7) is 2.02. The van der Waals surface area contributed by atoms with E-state index in [2.05, 4.69) is 10.6 Å². The van der Waals surface area contributed by atoms with Gasteiger partial charge >= 0.3 is 0 Å². The molecule has 2 aromatic carbocycles. The normalized spacial score (nSPS) is 18.2. The predicted molar refractivity (Wildman–Crippen MR) is 95.1 cm³/mol. The van der Waals surface area contributed by atoms with Gasteiger partial charge in [-0.15, -0.1) is 0 Å². The van der Waals surface area contributed by atoms with Gasteiger partial charge in [0.15, 0.2) is 0 Å². The van der Waals surface area contributed by atoms with Gasteiger partial charge in [-0.2, -0.15) is 0 Å². The lowest BCUT2D eigenvalue weighted by Crippen LogP contribution is -2.44. The van der Waals surface area contributed by atoms with E-state index in [1.165, 1.54) is 0 Å². The summed E-state index contributed by atoms with van der Waals surface area (Å²) in [6, 6.07) is 12.4. The molecule has 0 aromatic heterocycles. The number of benzene rings is 2. The zero-order valence-electron chi connectivity index (χ0n) is 14.0. The highest BCUT2D eigenvalue weighted by Crippen LogP contribution is 2.29. The molecule has 4 N–H and O–H groups in total. The van der Waals surface area contributed by atoms with Gasteiger partial charge in [0.25, 0.3) is 0 Å². The molecular weight excluding hydrogens is 318 g/mol. The maximum atomic E-state index is 12.1. The number of rotatable bonds is 0. The largest absolute Gasteiger partial charge is 0.455 e. The van der Waals surface area contributed by atoms with Gasteiger partial charge in [0, 0.05) is 13.0 Å². The van der Waals surface area contributed by atoms with Crippen LogP contribution in [0.15, 0.2) is 42.5 Å². The third-order valence-electron chi connectivity index (χ3n) is 4.08. The molecule has 0 fully saturated rings. The Kier molecular flexibility index (Phi) is 4.88. The third-order valence-corrected chi connectivity index (χ3v) is 4.08. The number of nitrogen functional groups attached to an aromatic ring is 1. The summed E-state index contributed by atoms with van der Waals surface area (Å²) in [5, 5.41) is 5.53. The second-order valence-corrected chi connectivity index (χ2v) is 6.13. The summed E-state index contributed by atoms with van der Waals surface area (Å²) in [4.78, 5) is 24.1. The van der Waals surface area contributed by atoms with E-state index in [1.54, 1.807) is 6.92 Å². The molecule has 25 heavy (non-hydrogen) atoms. The molecule has 0 spiro atoms. The molecular formula is C19H21N3O3. The van der Waals surface area contributed by atoms with Gasteiger partial charge in [-0.1, -0.05) is 18.2 Å². The lowest BCUT2D eigenvalue weighted by Gasteiger charge is -2.16. The zero-order chi connectivity index (χ0) is 17.8. The van der Waals surface area contributed by atoms with E-state index in [4.69, 9.17) is 10.5 Å². The van der Waals surface area contributed by atoms with E-state index in [9.17, 15) is 9.59 Å². The molecule has 4 rings (SSSR count). The van der Waals surface area contributed by atoms with Crippen LogP contribution in [0.4, 0.5) is 5.69 Å². The third kappa shape index (κ3) is 4.29. The Morgan fingerprint density at radius 2 is 1.92 bits per heavy atom. The molecule has 0 unspecified atom stereocenters. The lowest BCUT2D eigenvalue weighted by molar-refractivity contribution is -0.128. The van der Waals surface area contributed by atoms with Crippen molar-refractivity contribution in [3.8, 4) is 11.5 Å². The summed E-state index contributed by atoms with van der Waals surface area (Å²) in [5.41, 5.74) is 8.44. The molecule has 0 radical (unpaired) electrons. The first-order valence-corrected chi connectivity index (χ1v) is 8.23. The highest BCUT2D eigenvalue weighted by Gasteiger charge is 2.16. The monoisotopic (exact) mass is 339 g/mol. The van der Waals surface area contributed by atoms with Crippen LogP contribution in [-0.4, -0.2) is 17.9 Å². The fraction of sp³-hybridized carbons (Fsp3) is 0.263. The summed E-state index contributed by atoms with van der Waals surface area (Å²) in [6.07, 6.45) is 0.830. The van der Waals surface area contributed by atoms with Crippen LogP contribution in [0, 0.1) is 0 Å². The van der Waals surface area contributed by atoms with Gasteiger partial charge in [-0.05, 0) is 48.7 Å². The van der Waals surface area contributed by atoms with E-state index in [0.717, 1.165) is 11.1 Å². The zero-order valence-corrected chi connectivity index (χ0v) is 14.0. The molecule has 2 amide bonds. The van der Waals surface area contributed by atoms with Gasteiger partial charge in [0.1, 0.15) is 17.5 Å². The fourth-order valence-electron chi connectivity index (χ4n) is 2.67. The van der Waals surface area contributed by atoms with Gasteiger partial charge in [0.2, 0.25) is 11.8 Å². The minimum atomic E-state index is -0.590. The van der Waals surface area contributed by atoms with Crippen molar-refractivity contribution in [1.82, 2.24) is 10.6 Å². The van der Waals surface area contributed by atoms with Crippen LogP contribution in [0.1, 0.15) is 24.5 Å². The first-order valence-electron chi connectivity index (χ1n) is 8.23. The standard InChI is InChI=1S/C19H21N3O3/c1-12-19(24)21-11-14-3-2-4-15(9-14)25-17-7-5-13(10-16(17)20)6-8-18(23)22-12/h2-5,7,9-10,12H,6,8,11,20H2,1H3,(H,21,24)(H,22,23)/t12-/m1/s1. The molecule has 2 aliphatic rings. The topological polar surface area (TPSA) is 93.5 Å². The summed E-state index contributed by atoms with van der Waals surface area (Å²) in [7, 11) is 0. The van der Waals surface area contributed by atoms with E-state index in [0.29, 0.717) is 30.2 Å². The molecule has 0 aliphatic carbocycles. The number of aryl methyl sites for hydroxylation is 1. The van der Waals surface area contributed by atoms with Crippen molar-refractivity contribution in [1.29, 1.82) is 0 Å². The van der Waals surface area contributed by atoms with Crippen molar-refractivity contribution in [2.24, 2.45) is 0 Å². The number of nitrogens with one attached hydrogen (secondary N) is 2. The Hall–Kier alpha value is -3.02. The van der Waals surface area contributed by atoms with Gasteiger partial charge < -0.3 is 21.1 Å². The maximum absolute atomic E-state index is 12.1. The quantitative estimate of drug-likeness (QED) is 0.641. The number of hydrogen-bond donors (Lipinski definition) is 3. The Morgan fingerprint density at radius 3 is 2.72 bits per heavy atom. The van der Waals surface area contributed by atoms with Gasteiger partial charge in [-0.3, -0.25) is 9.59 Å². The number of ether oxygens (including phenoxy) is 1. The molecule has 6 heteroatoms. The van der Waals surface area contributed by atoms with E-state index < -0.39 is 6.04 Å². The van der Waals surface area contributed by atoms with Crippen LogP contribution >= 0.6 is 0 Å². The molecule has 4 bridgehead atoms. The number of fused-ring (bicyclic) bond motifs is 9. The summed E-state index contributed by atoms with van der Waals surface area (Å²) >= 11 is 0. The van der Waals surface area contributed by atoms with E-state index in [-0.39, 0.29) is 18.2 Å². The van der Waals surface area contributed by atoms with Crippen LogP contribution in [-0.2, 0) is 22.6 Å². The van der Waals surface area contributed by atoms with Gasteiger partial charge in [0.05, 0.1) is 5.69 Å². The minimum Gasteiger partial charge on any atom is -0.455 e. The second kappa shape index (κ2) is 7.25. The molecule has 2 aromatic rings. The van der Waals surface area contributed by atoms with Gasteiger partial charge in [-0.25, -0.2) is 0 Å². The Bertz CT molecular complexity index is 804. The van der Waals surface area contributed by atoms with Crippen LogP contribution < -0.4 is 21.1 Å². The van der Waals surface area contributed by atoms with Crippen molar-refractivity contribution in [2.45, 2.75) is 32.4 Å². The average molecular weight is 339 g/mol. The lowest BCUT2D eigenvalue weighted by atomic mass is 10.1. The number of nitrogens with two attached hydrogens (primary N) is 1. The van der Waals surface area contributed by atoms with E-state index >= 15 is 0 Å². The first kappa shape index (κ1) is 16.8. The molecule has 130 valence electrons. The van der Waals surface area contributed by atoms with Crippen molar-refractivity contribution < 1.29 is 14.3 Å². The number of carbonyl (C=O) groups excluding carboxylic acids is 2. The molecule has 6 nitrogen and oxygen atoms in total. The highest BCUT2D eigenvalue weighted by atomic mass is 16.5. The number of carbonyl (C=O) groups is 2. The molecule has 1 atom stereocenters. The van der Waals surface area contributed by atoms with Crippen molar-refractivity contribution in [3.63, 3.8) is 0 Å². The SMILES string of the molecule is C[C@H]1NC(=O)CCc2ccc(c(N)c2)Oc2cccc(c2)CNC1=O. The maximum Gasteiger partial charge on any atom is 0.242 e. The number of anilines is 1. The predicted octanol–water partition coefficient (Wildman–Crippen LogP) is 2.13. The number of hydrogen-bond acceptors (Lipinski definition) is 4. The van der Waals surface area contributed by atoms with Crippen molar-refractivity contribution in [2.75, 3.05) is 5.73 Å². The average Bonchev–Trinajstić information content (AvgIpc) is 2.59. The smallest absolute Gasteiger partial charge is 0.242 e. The Morgan fingerprint density at radius 1 is 1.08 bits per heavy atom. The van der Waals surface area contributed by atoms with Crippen molar-refractivity contribution >= 4 is 17.5 Å². The Balaban J connectivity index is 1.90. The van der Waals surface area contributed by atoms with Crippen LogP contribution in [0.25, 0.3) is 0 Å². The van der Waals surface area contributed by atoms with Crippen LogP contribution in [0.5, 0.6) is 11.5 Å². The highest BCUT2D eigenvalue weighted by molar-refractivity contribution is 5.87. The molecule has 2 heterocycles. The number of amides is 2. The second-order valence-electron chi connectivity index (χ2n) is 6.13. The molecule has 0 saturated carbocycles. The van der Waals surface area contributed by atoms with E-state index in [1.807, 2.05) is 42.5 Å². The minimum absolute atomic E-state index is 0.171. The molecule has 0 saturated heterocycles. The van der Waals surface area contributed by atoms with Crippen molar-refractivity contribution in [3.05, 3.63) is 53.6 Å². The molecule has 2 aliphatic heterocycles. The van der Waals surface area contributed by atoms with Crippen LogP contribution in [0.2, 0.25) is 0 Å². The summed E-state index contributed by atoms with van der Waals surface area (Å²) < 4.78 is 5.86. The van der Waals surface area contributed by atoms with Crippen LogP contribution in [0.3, 0.4) is 0 Å².